The molecule has 0 aliphatic carbocycles. The van der Waals surface area contributed by atoms with Crippen molar-refractivity contribution in [1.29, 1.82) is 0 Å². The number of rotatable bonds is 2. The second-order valence-electron chi connectivity index (χ2n) is 3.90. The summed E-state index contributed by atoms with van der Waals surface area (Å²) in [5.41, 5.74) is 0. The molecule has 0 aliphatic heterocycles. The summed E-state index contributed by atoms with van der Waals surface area (Å²) >= 11 is 13.3. The van der Waals surface area contributed by atoms with Crippen molar-refractivity contribution in [2.75, 3.05) is 0 Å². The van der Waals surface area contributed by atoms with Crippen molar-refractivity contribution in [2.45, 2.75) is 9.92 Å². The number of nitrogens with zero attached hydrogens (tertiary/aromatic N) is 2. The van der Waals surface area contributed by atoms with E-state index in [0.717, 1.165) is 4.90 Å². The Labute approximate surface area is 124 Å². The van der Waals surface area contributed by atoms with E-state index in [9.17, 15) is 0 Å². The summed E-state index contributed by atoms with van der Waals surface area (Å²) in [5, 5.41) is 3.76. The third-order valence-electron chi connectivity index (χ3n) is 2.62. The lowest BCUT2D eigenvalue weighted by atomic mass is 10.1. The molecular weight excluding hydrogens is 299 g/mol. The standard InChI is InChI=1S/C14H8Cl2N2S/c15-12-8-17-14(16)18-13(12)19-11-6-5-9-3-1-2-4-10(9)7-11/h1-8H. The van der Waals surface area contributed by atoms with Crippen molar-refractivity contribution in [2.24, 2.45) is 0 Å². The second-order valence-corrected chi connectivity index (χ2v) is 5.71. The zero-order valence-electron chi connectivity index (χ0n) is 9.68. The molecule has 0 fully saturated rings. The minimum atomic E-state index is 0.202. The zero-order chi connectivity index (χ0) is 13.2. The van der Waals surface area contributed by atoms with E-state index >= 15 is 0 Å². The van der Waals surface area contributed by atoms with Gasteiger partial charge in [-0.1, -0.05) is 53.7 Å². The van der Waals surface area contributed by atoms with Gasteiger partial charge < -0.3 is 0 Å². The molecule has 0 N–H and O–H groups in total. The molecule has 0 unspecified atom stereocenters. The van der Waals surface area contributed by atoms with Crippen LogP contribution in [-0.2, 0) is 0 Å². The lowest BCUT2D eigenvalue weighted by molar-refractivity contribution is 1.05. The van der Waals surface area contributed by atoms with Crippen LogP contribution in [0.1, 0.15) is 0 Å². The van der Waals surface area contributed by atoms with Crippen LogP contribution in [0, 0.1) is 0 Å². The first kappa shape index (κ1) is 12.7. The van der Waals surface area contributed by atoms with Crippen LogP contribution in [-0.4, -0.2) is 9.97 Å². The maximum atomic E-state index is 6.06. The Balaban J connectivity index is 1.98. The molecule has 0 atom stereocenters. The van der Waals surface area contributed by atoms with Crippen LogP contribution < -0.4 is 0 Å². The van der Waals surface area contributed by atoms with Crippen LogP contribution in [0.4, 0.5) is 0 Å². The van der Waals surface area contributed by atoms with Crippen LogP contribution >= 0.6 is 35.0 Å². The van der Waals surface area contributed by atoms with Crippen LogP contribution in [0.25, 0.3) is 10.8 Å². The summed E-state index contributed by atoms with van der Waals surface area (Å²) in [6.07, 6.45) is 1.51. The second kappa shape index (κ2) is 5.37. The van der Waals surface area contributed by atoms with E-state index in [-0.39, 0.29) is 5.28 Å². The van der Waals surface area contributed by atoms with Gasteiger partial charge in [-0.2, -0.15) is 0 Å². The van der Waals surface area contributed by atoms with Gasteiger partial charge in [0, 0.05) is 4.90 Å². The quantitative estimate of drug-likeness (QED) is 0.487. The maximum absolute atomic E-state index is 6.06. The fourth-order valence-electron chi connectivity index (χ4n) is 1.75. The lowest BCUT2D eigenvalue weighted by Crippen LogP contribution is -1.86. The molecule has 2 aromatic carbocycles. The summed E-state index contributed by atoms with van der Waals surface area (Å²) in [6.45, 7) is 0. The molecule has 0 saturated carbocycles. The van der Waals surface area contributed by atoms with Crippen molar-refractivity contribution in [3.05, 3.63) is 59.0 Å². The number of fused-ring (bicyclic) bond motifs is 1. The van der Waals surface area contributed by atoms with Gasteiger partial charge in [-0.25, -0.2) is 9.97 Å². The molecule has 1 aromatic heterocycles. The van der Waals surface area contributed by atoms with E-state index in [1.807, 2.05) is 18.2 Å². The predicted octanol–water partition coefficient (Wildman–Crippen LogP) is 5.09. The number of hydrogen-bond acceptors (Lipinski definition) is 3. The minimum Gasteiger partial charge on any atom is -0.225 e. The van der Waals surface area contributed by atoms with Gasteiger partial charge in [0.15, 0.2) is 0 Å². The van der Waals surface area contributed by atoms with Crippen LogP contribution in [0.2, 0.25) is 10.3 Å². The van der Waals surface area contributed by atoms with Gasteiger partial charge in [-0.05, 0) is 34.5 Å². The van der Waals surface area contributed by atoms with Gasteiger partial charge in [0.05, 0.1) is 11.2 Å². The van der Waals surface area contributed by atoms with Crippen molar-refractivity contribution >= 4 is 45.7 Å². The highest BCUT2D eigenvalue weighted by atomic mass is 35.5. The first-order valence-corrected chi connectivity index (χ1v) is 7.14. The first-order valence-electron chi connectivity index (χ1n) is 5.57. The molecule has 0 amide bonds. The average molecular weight is 307 g/mol. The van der Waals surface area contributed by atoms with Gasteiger partial charge in [-0.15, -0.1) is 0 Å². The Bertz CT molecular complexity index is 746. The summed E-state index contributed by atoms with van der Waals surface area (Å²) in [7, 11) is 0. The Morgan fingerprint density at radius 1 is 0.947 bits per heavy atom. The zero-order valence-corrected chi connectivity index (χ0v) is 12.0. The molecule has 5 heteroatoms. The lowest BCUT2D eigenvalue weighted by Gasteiger charge is -2.04. The molecule has 1 heterocycles. The van der Waals surface area contributed by atoms with Gasteiger partial charge in [0.2, 0.25) is 5.28 Å². The number of aromatic nitrogens is 2. The van der Waals surface area contributed by atoms with Gasteiger partial charge in [-0.3, -0.25) is 0 Å². The van der Waals surface area contributed by atoms with Crippen LogP contribution in [0.5, 0.6) is 0 Å². The third-order valence-corrected chi connectivity index (χ3v) is 4.18. The van der Waals surface area contributed by atoms with Crippen LogP contribution in [0.15, 0.2) is 58.6 Å². The topological polar surface area (TPSA) is 25.8 Å². The molecule has 0 saturated heterocycles. The summed E-state index contributed by atoms with van der Waals surface area (Å²) in [5.74, 6) is 0. The summed E-state index contributed by atoms with van der Waals surface area (Å²) in [6, 6.07) is 14.4. The number of benzene rings is 2. The summed E-state index contributed by atoms with van der Waals surface area (Å²) < 4.78 is 0. The molecular formula is C14H8Cl2N2S. The highest BCUT2D eigenvalue weighted by Gasteiger charge is 2.07. The summed E-state index contributed by atoms with van der Waals surface area (Å²) in [4.78, 5) is 9.04. The molecule has 19 heavy (non-hydrogen) atoms. The van der Waals surface area contributed by atoms with Crippen molar-refractivity contribution < 1.29 is 0 Å². The van der Waals surface area contributed by atoms with E-state index in [4.69, 9.17) is 23.2 Å². The van der Waals surface area contributed by atoms with Crippen LogP contribution in [0.3, 0.4) is 0 Å². The Hall–Kier alpha value is -1.29. The van der Waals surface area contributed by atoms with Crippen molar-refractivity contribution in [3.63, 3.8) is 0 Å². The van der Waals surface area contributed by atoms with Crippen molar-refractivity contribution in [3.8, 4) is 0 Å². The van der Waals surface area contributed by atoms with Gasteiger partial charge >= 0.3 is 0 Å². The normalized spacial score (nSPS) is 10.8. The fourth-order valence-corrected chi connectivity index (χ4v) is 2.96. The van der Waals surface area contributed by atoms with E-state index in [1.54, 1.807) is 0 Å². The number of hydrogen-bond donors (Lipinski definition) is 0. The predicted molar refractivity (Wildman–Crippen MR) is 80.1 cm³/mol. The minimum absolute atomic E-state index is 0.202. The Kier molecular flexibility index (Phi) is 3.60. The smallest absolute Gasteiger partial charge is 0.223 e. The largest absolute Gasteiger partial charge is 0.225 e. The first-order chi connectivity index (χ1) is 9.22. The monoisotopic (exact) mass is 306 g/mol. The molecule has 94 valence electrons. The molecule has 0 aliphatic rings. The molecule has 2 nitrogen and oxygen atoms in total. The van der Waals surface area contributed by atoms with E-state index < -0.39 is 0 Å². The van der Waals surface area contributed by atoms with Crippen molar-refractivity contribution in [1.82, 2.24) is 9.97 Å². The van der Waals surface area contributed by atoms with E-state index in [1.165, 1.54) is 28.7 Å². The Morgan fingerprint density at radius 2 is 1.74 bits per heavy atom. The Morgan fingerprint density at radius 3 is 2.58 bits per heavy atom. The highest BCUT2D eigenvalue weighted by Crippen LogP contribution is 2.33. The third kappa shape index (κ3) is 2.84. The maximum Gasteiger partial charge on any atom is 0.223 e. The SMILES string of the molecule is Clc1ncc(Cl)c(Sc2ccc3ccccc3c2)n1. The average Bonchev–Trinajstić information content (AvgIpc) is 2.43. The molecule has 3 aromatic rings. The van der Waals surface area contributed by atoms with Gasteiger partial charge in [0.1, 0.15) is 5.03 Å². The number of halogens is 2. The van der Waals surface area contributed by atoms with E-state index in [2.05, 4.69) is 34.2 Å². The molecule has 0 bridgehead atoms. The molecule has 0 radical (unpaired) electrons. The fraction of sp³-hybridized carbons (Fsp3) is 0. The highest BCUT2D eigenvalue weighted by molar-refractivity contribution is 7.99. The molecule has 3 rings (SSSR count). The van der Waals surface area contributed by atoms with E-state index in [0.29, 0.717) is 10.0 Å². The van der Waals surface area contributed by atoms with Gasteiger partial charge in [0.25, 0.3) is 0 Å². The molecule has 0 spiro atoms.